The second kappa shape index (κ2) is 7.34. The lowest BCUT2D eigenvalue weighted by molar-refractivity contribution is 0.262. The topological polar surface area (TPSA) is 49.4 Å². The first-order chi connectivity index (χ1) is 8.07. The maximum atomic E-state index is 11.5. The van der Waals surface area contributed by atoms with Crippen molar-refractivity contribution >= 4 is 9.84 Å². The van der Waals surface area contributed by atoms with E-state index in [2.05, 4.69) is 17.1 Å². The van der Waals surface area contributed by atoms with E-state index in [1.807, 2.05) is 0 Å². The van der Waals surface area contributed by atoms with Crippen LogP contribution in [0.15, 0.2) is 0 Å². The summed E-state index contributed by atoms with van der Waals surface area (Å²) in [5.41, 5.74) is 0. The number of sulfone groups is 1. The Balaban J connectivity index is 2.36. The first kappa shape index (κ1) is 14.9. The van der Waals surface area contributed by atoms with Crippen molar-refractivity contribution in [1.29, 1.82) is 0 Å². The number of rotatable bonds is 8. The zero-order valence-corrected chi connectivity index (χ0v) is 11.9. The summed E-state index contributed by atoms with van der Waals surface area (Å²) in [5.74, 6) is 0.560. The van der Waals surface area contributed by atoms with E-state index >= 15 is 0 Å². The molecular formula is C12H26N2O2S. The Kier molecular flexibility index (Phi) is 6.44. The van der Waals surface area contributed by atoms with Gasteiger partial charge in [0, 0.05) is 24.9 Å². The van der Waals surface area contributed by atoms with Crippen LogP contribution in [0.4, 0.5) is 0 Å². The van der Waals surface area contributed by atoms with Crippen molar-refractivity contribution in [3.8, 4) is 0 Å². The molecule has 102 valence electrons. The molecule has 1 rings (SSSR count). The fourth-order valence-corrected chi connectivity index (χ4v) is 3.07. The van der Waals surface area contributed by atoms with Gasteiger partial charge in [0.1, 0.15) is 0 Å². The van der Waals surface area contributed by atoms with Crippen molar-refractivity contribution in [3.05, 3.63) is 0 Å². The average molecular weight is 262 g/mol. The smallest absolute Gasteiger partial charge is 0.151 e. The molecule has 4 nitrogen and oxygen atoms in total. The highest BCUT2D eigenvalue weighted by Gasteiger charge is 2.18. The predicted molar refractivity (Wildman–Crippen MR) is 72.1 cm³/mol. The fourth-order valence-electron chi connectivity index (χ4n) is 2.25. The molecule has 1 N–H and O–H groups in total. The van der Waals surface area contributed by atoms with Crippen LogP contribution in [-0.2, 0) is 9.84 Å². The van der Waals surface area contributed by atoms with Crippen LogP contribution < -0.4 is 5.32 Å². The van der Waals surface area contributed by atoms with E-state index in [1.54, 1.807) is 6.92 Å². The summed E-state index contributed by atoms with van der Waals surface area (Å²) in [6.45, 7) is 7.64. The summed E-state index contributed by atoms with van der Waals surface area (Å²) in [6.07, 6.45) is 3.55. The number of nitrogens with zero attached hydrogens (tertiary/aromatic N) is 1. The van der Waals surface area contributed by atoms with Gasteiger partial charge in [-0.05, 0) is 32.4 Å². The van der Waals surface area contributed by atoms with E-state index in [1.165, 1.54) is 12.8 Å². The van der Waals surface area contributed by atoms with Gasteiger partial charge in [0.2, 0.25) is 0 Å². The van der Waals surface area contributed by atoms with Gasteiger partial charge in [-0.25, -0.2) is 8.42 Å². The second-order valence-electron chi connectivity index (χ2n) is 4.83. The lowest BCUT2D eigenvalue weighted by Crippen LogP contribution is -2.40. The Morgan fingerprint density at radius 2 is 2.06 bits per heavy atom. The maximum absolute atomic E-state index is 11.5. The number of nitrogens with one attached hydrogen (secondary N) is 1. The summed E-state index contributed by atoms with van der Waals surface area (Å²) in [5, 5.41) is 3.47. The lowest BCUT2D eigenvalue weighted by atomic mass is 10.2. The highest BCUT2D eigenvalue weighted by molar-refractivity contribution is 7.91. The average Bonchev–Trinajstić information content (AvgIpc) is 2.79. The van der Waals surface area contributed by atoms with Gasteiger partial charge in [0.05, 0.1) is 5.75 Å². The molecule has 0 aromatic rings. The van der Waals surface area contributed by atoms with Gasteiger partial charge >= 0.3 is 0 Å². The minimum absolute atomic E-state index is 0.259. The van der Waals surface area contributed by atoms with Crippen LogP contribution in [-0.4, -0.2) is 57.0 Å². The van der Waals surface area contributed by atoms with Crippen LogP contribution in [0, 0.1) is 0 Å². The molecule has 1 fully saturated rings. The zero-order valence-electron chi connectivity index (χ0n) is 11.1. The van der Waals surface area contributed by atoms with E-state index in [0.717, 1.165) is 26.1 Å². The normalized spacial score (nSPS) is 21.2. The molecule has 0 aromatic heterocycles. The summed E-state index contributed by atoms with van der Waals surface area (Å²) in [7, 11) is -2.83. The second-order valence-corrected chi connectivity index (χ2v) is 7.30. The largest absolute Gasteiger partial charge is 0.313 e. The van der Waals surface area contributed by atoms with Gasteiger partial charge in [-0.3, -0.25) is 0 Å². The van der Waals surface area contributed by atoms with E-state index in [4.69, 9.17) is 0 Å². The van der Waals surface area contributed by atoms with Crippen molar-refractivity contribution in [2.75, 3.05) is 37.7 Å². The quantitative estimate of drug-likeness (QED) is 0.706. The van der Waals surface area contributed by atoms with Crippen LogP contribution in [0.25, 0.3) is 0 Å². The first-order valence-electron chi connectivity index (χ1n) is 6.73. The third-order valence-electron chi connectivity index (χ3n) is 3.34. The number of hydrogen-bond donors (Lipinski definition) is 1. The van der Waals surface area contributed by atoms with Crippen LogP contribution in [0.1, 0.15) is 33.1 Å². The molecule has 1 unspecified atom stereocenters. The van der Waals surface area contributed by atoms with E-state index < -0.39 is 9.84 Å². The van der Waals surface area contributed by atoms with Crippen LogP contribution in [0.5, 0.6) is 0 Å². The van der Waals surface area contributed by atoms with Gasteiger partial charge < -0.3 is 10.2 Å². The molecule has 1 atom stereocenters. The monoisotopic (exact) mass is 262 g/mol. The molecule has 0 bridgehead atoms. The summed E-state index contributed by atoms with van der Waals surface area (Å²) in [6, 6.07) is 0.561. The molecule has 0 spiro atoms. The van der Waals surface area contributed by atoms with Crippen molar-refractivity contribution in [2.45, 2.75) is 39.2 Å². The Hall–Kier alpha value is -0.130. The Labute approximate surface area is 106 Å². The van der Waals surface area contributed by atoms with Crippen LogP contribution in [0.2, 0.25) is 0 Å². The molecule has 0 aliphatic carbocycles. The van der Waals surface area contributed by atoms with Gasteiger partial charge in [0.15, 0.2) is 9.84 Å². The molecule has 0 radical (unpaired) electrons. The first-order valence-corrected chi connectivity index (χ1v) is 8.55. The SMILES string of the molecule is CCCN(CCS(=O)(=O)CC)CC1CCCN1. The predicted octanol–water partition coefficient (Wildman–Crippen LogP) is 0.885. The van der Waals surface area contributed by atoms with Crippen LogP contribution >= 0.6 is 0 Å². The number of hydrogen-bond acceptors (Lipinski definition) is 4. The Morgan fingerprint density at radius 1 is 1.29 bits per heavy atom. The Bertz CT molecular complexity index is 298. The van der Waals surface area contributed by atoms with Gasteiger partial charge in [-0.15, -0.1) is 0 Å². The summed E-state index contributed by atoms with van der Waals surface area (Å²) < 4.78 is 23.0. The van der Waals surface area contributed by atoms with Crippen LogP contribution in [0.3, 0.4) is 0 Å². The highest BCUT2D eigenvalue weighted by Crippen LogP contribution is 2.07. The van der Waals surface area contributed by atoms with Crippen molar-refractivity contribution < 1.29 is 8.42 Å². The molecule has 0 aromatic carbocycles. The van der Waals surface area contributed by atoms with Crippen molar-refractivity contribution in [3.63, 3.8) is 0 Å². The van der Waals surface area contributed by atoms with Gasteiger partial charge in [-0.2, -0.15) is 0 Å². The molecule has 17 heavy (non-hydrogen) atoms. The third kappa shape index (κ3) is 5.84. The standard InChI is InChI=1S/C12H26N2O2S/c1-3-8-14(9-10-17(15,16)4-2)11-12-6-5-7-13-12/h12-13H,3-11H2,1-2H3. The van der Waals surface area contributed by atoms with E-state index in [0.29, 0.717) is 18.3 Å². The molecule has 1 aliphatic rings. The summed E-state index contributed by atoms with van der Waals surface area (Å²) in [4.78, 5) is 2.29. The molecule has 0 amide bonds. The fraction of sp³-hybridized carbons (Fsp3) is 1.00. The minimum atomic E-state index is -2.83. The maximum Gasteiger partial charge on any atom is 0.151 e. The minimum Gasteiger partial charge on any atom is -0.313 e. The Morgan fingerprint density at radius 3 is 2.59 bits per heavy atom. The molecule has 1 aliphatic heterocycles. The van der Waals surface area contributed by atoms with E-state index in [-0.39, 0.29) is 5.75 Å². The third-order valence-corrected chi connectivity index (χ3v) is 5.02. The van der Waals surface area contributed by atoms with Crippen molar-refractivity contribution in [1.82, 2.24) is 10.2 Å². The molecule has 0 saturated carbocycles. The van der Waals surface area contributed by atoms with Gasteiger partial charge in [0.25, 0.3) is 0 Å². The molecule has 1 saturated heterocycles. The molecular weight excluding hydrogens is 236 g/mol. The summed E-state index contributed by atoms with van der Waals surface area (Å²) >= 11 is 0. The zero-order chi connectivity index (χ0) is 12.7. The molecule has 5 heteroatoms. The van der Waals surface area contributed by atoms with E-state index in [9.17, 15) is 8.42 Å². The highest BCUT2D eigenvalue weighted by atomic mass is 32.2. The van der Waals surface area contributed by atoms with Crippen molar-refractivity contribution in [2.24, 2.45) is 0 Å². The lowest BCUT2D eigenvalue weighted by Gasteiger charge is -2.25. The van der Waals surface area contributed by atoms with Gasteiger partial charge in [-0.1, -0.05) is 13.8 Å². The molecule has 1 heterocycles.